The molecule has 1 saturated carbocycles. The fourth-order valence-electron chi connectivity index (χ4n) is 2.50. The quantitative estimate of drug-likeness (QED) is 0.636. The van der Waals surface area contributed by atoms with Gasteiger partial charge < -0.3 is 10.4 Å². The van der Waals surface area contributed by atoms with Crippen molar-refractivity contribution in [1.29, 1.82) is 0 Å². The number of carboxylic acids is 1. The third-order valence-electron chi connectivity index (χ3n) is 3.35. The third kappa shape index (κ3) is 3.40. The maximum Gasteiger partial charge on any atom is 0.345 e. The minimum absolute atomic E-state index is 0.0143. The second-order valence-electron chi connectivity index (χ2n) is 4.80. The number of anilines is 1. The van der Waals surface area contributed by atoms with Gasteiger partial charge in [0.15, 0.2) is 5.13 Å². The Morgan fingerprint density at radius 3 is 2.74 bits per heavy atom. The molecule has 1 aliphatic carbocycles. The SMILES string of the molecule is O=C(O)CC1(Nc2ncc([N+](=O)[O-])s2)CCCCC1. The van der Waals surface area contributed by atoms with E-state index in [2.05, 4.69) is 10.3 Å². The molecule has 1 aromatic heterocycles. The standard InChI is InChI=1S/C11H15N3O4S/c15-9(16)6-11(4-2-1-3-5-11)13-10-12-7-8(19-10)14(17)18/h7H,1-6H2,(H,12,13)(H,15,16). The Morgan fingerprint density at radius 1 is 1.53 bits per heavy atom. The second kappa shape index (κ2) is 5.52. The van der Waals surface area contributed by atoms with Crippen LogP contribution in [-0.4, -0.2) is 26.5 Å². The molecular weight excluding hydrogens is 270 g/mol. The lowest BCUT2D eigenvalue weighted by molar-refractivity contribution is -0.380. The molecule has 7 nitrogen and oxygen atoms in total. The number of thiazole rings is 1. The number of nitrogens with zero attached hydrogens (tertiary/aromatic N) is 2. The Balaban J connectivity index is 2.14. The first-order valence-corrected chi connectivity index (χ1v) is 6.93. The number of hydrogen-bond acceptors (Lipinski definition) is 6. The number of nitrogens with one attached hydrogen (secondary N) is 1. The van der Waals surface area contributed by atoms with Crippen molar-refractivity contribution in [2.24, 2.45) is 0 Å². The van der Waals surface area contributed by atoms with Crippen LogP contribution in [0, 0.1) is 10.1 Å². The van der Waals surface area contributed by atoms with Gasteiger partial charge in [-0.2, -0.15) is 0 Å². The molecule has 1 aromatic rings. The van der Waals surface area contributed by atoms with Gasteiger partial charge in [-0.1, -0.05) is 19.3 Å². The fourth-order valence-corrected chi connectivity index (χ4v) is 3.25. The van der Waals surface area contributed by atoms with E-state index < -0.39 is 16.4 Å². The highest BCUT2D eigenvalue weighted by Crippen LogP contribution is 2.36. The number of hydrogen-bond donors (Lipinski definition) is 2. The summed E-state index contributed by atoms with van der Waals surface area (Å²) in [5.74, 6) is -0.861. The maximum absolute atomic E-state index is 11.0. The molecule has 0 atom stereocenters. The second-order valence-corrected chi connectivity index (χ2v) is 5.81. The molecule has 2 N–H and O–H groups in total. The Labute approximate surface area is 113 Å². The predicted molar refractivity (Wildman–Crippen MR) is 70.5 cm³/mol. The molecule has 104 valence electrons. The molecule has 8 heteroatoms. The van der Waals surface area contributed by atoms with Crippen molar-refractivity contribution < 1.29 is 14.8 Å². The minimum Gasteiger partial charge on any atom is -0.481 e. The van der Waals surface area contributed by atoms with Gasteiger partial charge in [-0.25, -0.2) is 4.98 Å². The molecule has 0 amide bonds. The molecule has 0 unspecified atom stereocenters. The Kier molecular flexibility index (Phi) is 3.98. The summed E-state index contributed by atoms with van der Waals surface area (Å²) in [6, 6.07) is 0. The molecule has 19 heavy (non-hydrogen) atoms. The number of rotatable bonds is 5. The molecule has 0 saturated heterocycles. The van der Waals surface area contributed by atoms with Crippen molar-refractivity contribution in [3.63, 3.8) is 0 Å². The van der Waals surface area contributed by atoms with Crippen LogP contribution in [-0.2, 0) is 4.79 Å². The normalized spacial score (nSPS) is 17.9. The summed E-state index contributed by atoms with van der Waals surface area (Å²) in [5.41, 5.74) is -0.518. The average molecular weight is 285 g/mol. The van der Waals surface area contributed by atoms with Crippen LogP contribution < -0.4 is 5.32 Å². The maximum atomic E-state index is 11.0. The third-order valence-corrected chi connectivity index (χ3v) is 4.21. The van der Waals surface area contributed by atoms with Crippen LogP contribution in [0.2, 0.25) is 0 Å². The highest BCUT2D eigenvalue weighted by molar-refractivity contribution is 7.18. The van der Waals surface area contributed by atoms with Crippen LogP contribution in [0.4, 0.5) is 10.1 Å². The summed E-state index contributed by atoms with van der Waals surface area (Å²) in [7, 11) is 0. The van der Waals surface area contributed by atoms with Crippen molar-refractivity contribution in [3.8, 4) is 0 Å². The van der Waals surface area contributed by atoms with Crippen molar-refractivity contribution in [2.75, 3.05) is 5.32 Å². The first kappa shape index (κ1) is 13.7. The summed E-state index contributed by atoms with van der Waals surface area (Å²) in [6.07, 6.45) is 5.76. The molecule has 2 rings (SSSR count). The van der Waals surface area contributed by atoms with Crippen LogP contribution in [0.15, 0.2) is 6.20 Å². The van der Waals surface area contributed by atoms with Gasteiger partial charge in [0.05, 0.1) is 11.3 Å². The van der Waals surface area contributed by atoms with Gasteiger partial charge in [0.25, 0.3) is 0 Å². The lowest BCUT2D eigenvalue weighted by Crippen LogP contribution is -2.42. The molecule has 1 fully saturated rings. The molecule has 0 spiro atoms. The molecule has 0 radical (unpaired) electrons. The minimum atomic E-state index is -0.861. The molecule has 1 heterocycles. The van der Waals surface area contributed by atoms with E-state index in [1.807, 2.05) is 0 Å². The van der Waals surface area contributed by atoms with Crippen molar-refractivity contribution >= 4 is 27.4 Å². The van der Waals surface area contributed by atoms with Gasteiger partial charge in [-0.3, -0.25) is 14.9 Å². The summed E-state index contributed by atoms with van der Waals surface area (Å²) in [4.78, 5) is 25.1. The zero-order chi connectivity index (χ0) is 13.9. The van der Waals surface area contributed by atoms with Crippen LogP contribution in [0.25, 0.3) is 0 Å². The zero-order valence-electron chi connectivity index (χ0n) is 10.3. The van der Waals surface area contributed by atoms with Gasteiger partial charge >= 0.3 is 11.0 Å². The van der Waals surface area contributed by atoms with Crippen molar-refractivity contribution in [2.45, 2.75) is 44.1 Å². The first-order chi connectivity index (χ1) is 9.01. The Morgan fingerprint density at radius 2 is 2.21 bits per heavy atom. The van der Waals surface area contributed by atoms with Crippen LogP contribution in [0.5, 0.6) is 0 Å². The number of carbonyl (C=O) groups is 1. The molecule has 0 aromatic carbocycles. The van der Waals surface area contributed by atoms with E-state index in [0.29, 0.717) is 5.13 Å². The lowest BCUT2D eigenvalue weighted by Gasteiger charge is -2.36. The van der Waals surface area contributed by atoms with Gasteiger partial charge in [0, 0.05) is 5.54 Å². The van der Waals surface area contributed by atoms with Gasteiger partial charge in [-0.15, -0.1) is 0 Å². The summed E-state index contributed by atoms with van der Waals surface area (Å²) >= 11 is 0.946. The Bertz CT molecular complexity index is 482. The van der Waals surface area contributed by atoms with Crippen molar-refractivity contribution in [1.82, 2.24) is 4.98 Å². The molecule has 0 bridgehead atoms. The highest BCUT2D eigenvalue weighted by atomic mass is 32.1. The Hall–Kier alpha value is -1.70. The molecule has 1 aliphatic rings. The highest BCUT2D eigenvalue weighted by Gasteiger charge is 2.35. The van der Waals surface area contributed by atoms with Crippen LogP contribution in [0.3, 0.4) is 0 Å². The van der Waals surface area contributed by atoms with E-state index in [4.69, 9.17) is 5.11 Å². The number of aromatic nitrogens is 1. The number of carboxylic acid groups (broad SMARTS) is 1. The average Bonchev–Trinajstić information content (AvgIpc) is 2.77. The number of aliphatic carboxylic acids is 1. The zero-order valence-corrected chi connectivity index (χ0v) is 11.1. The van der Waals surface area contributed by atoms with E-state index in [1.165, 1.54) is 6.20 Å². The van der Waals surface area contributed by atoms with Gasteiger partial charge in [-0.05, 0) is 24.2 Å². The smallest absolute Gasteiger partial charge is 0.345 e. The fraction of sp³-hybridized carbons (Fsp3) is 0.636. The van der Waals surface area contributed by atoms with Crippen molar-refractivity contribution in [3.05, 3.63) is 16.3 Å². The van der Waals surface area contributed by atoms with Gasteiger partial charge in [0.1, 0.15) is 6.20 Å². The van der Waals surface area contributed by atoms with Crippen LogP contribution in [0.1, 0.15) is 38.5 Å². The monoisotopic (exact) mass is 285 g/mol. The predicted octanol–water partition coefficient (Wildman–Crippen LogP) is 2.64. The molecular formula is C11H15N3O4S. The van der Waals surface area contributed by atoms with E-state index in [0.717, 1.165) is 43.4 Å². The largest absolute Gasteiger partial charge is 0.481 e. The summed E-state index contributed by atoms with van der Waals surface area (Å²) in [6.45, 7) is 0. The van der Waals surface area contributed by atoms with E-state index >= 15 is 0 Å². The van der Waals surface area contributed by atoms with E-state index in [1.54, 1.807) is 0 Å². The summed E-state index contributed by atoms with van der Waals surface area (Å²) < 4.78 is 0. The summed E-state index contributed by atoms with van der Waals surface area (Å²) in [5, 5.41) is 23.2. The van der Waals surface area contributed by atoms with E-state index in [9.17, 15) is 14.9 Å². The number of nitro groups is 1. The van der Waals surface area contributed by atoms with E-state index in [-0.39, 0.29) is 11.4 Å². The lowest BCUT2D eigenvalue weighted by atomic mass is 9.79. The van der Waals surface area contributed by atoms with Crippen LogP contribution >= 0.6 is 11.3 Å². The van der Waals surface area contributed by atoms with Gasteiger partial charge in [0.2, 0.25) is 0 Å². The molecule has 0 aliphatic heterocycles. The first-order valence-electron chi connectivity index (χ1n) is 6.11. The topological polar surface area (TPSA) is 105 Å².